The van der Waals surface area contributed by atoms with Gasteiger partial charge in [0.1, 0.15) is 11.6 Å². The zero-order valence-electron chi connectivity index (χ0n) is 10.6. The molecule has 0 atom stereocenters. The Labute approximate surface area is 102 Å². The Bertz CT molecular complexity index is 386. The van der Waals surface area contributed by atoms with E-state index in [1.807, 2.05) is 7.05 Å². The van der Waals surface area contributed by atoms with E-state index in [0.29, 0.717) is 0 Å². The van der Waals surface area contributed by atoms with E-state index in [2.05, 4.69) is 5.32 Å². The highest BCUT2D eigenvalue weighted by molar-refractivity contribution is 5.41. The Morgan fingerprint density at radius 1 is 1.35 bits per heavy atom. The number of nitrogens with one attached hydrogen (secondary N) is 1. The molecule has 1 aliphatic carbocycles. The number of likely N-dealkylation sites (N-methyl/N-ethyl adjacent to an activating group) is 1. The second kappa shape index (κ2) is 5.05. The van der Waals surface area contributed by atoms with E-state index in [4.69, 9.17) is 4.74 Å². The first-order chi connectivity index (χ1) is 8.22. The van der Waals surface area contributed by atoms with Crippen molar-refractivity contribution in [1.29, 1.82) is 0 Å². The van der Waals surface area contributed by atoms with Crippen molar-refractivity contribution in [2.24, 2.45) is 0 Å². The lowest BCUT2D eigenvalue weighted by Crippen LogP contribution is -2.34. The third kappa shape index (κ3) is 2.29. The quantitative estimate of drug-likeness (QED) is 0.869. The summed E-state index contributed by atoms with van der Waals surface area (Å²) in [5.74, 6) is 0.631. The Hall–Kier alpha value is -1.09. The fourth-order valence-corrected chi connectivity index (χ4v) is 3.03. The zero-order valence-corrected chi connectivity index (χ0v) is 10.6. The molecule has 1 saturated carbocycles. The van der Waals surface area contributed by atoms with Crippen molar-refractivity contribution >= 4 is 0 Å². The first-order valence-electron chi connectivity index (χ1n) is 6.20. The number of ether oxygens (including phenoxy) is 1. The second-order valence-corrected chi connectivity index (χ2v) is 4.86. The van der Waals surface area contributed by atoms with Crippen molar-refractivity contribution in [3.05, 3.63) is 29.6 Å². The molecule has 0 heterocycles. The van der Waals surface area contributed by atoms with E-state index in [1.165, 1.54) is 18.9 Å². The smallest absolute Gasteiger partial charge is 0.123 e. The zero-order chi connectivity index (χ0) is 12.3. The molecule has 17 heavy (non-hydrogen) atoms. The molecule has 1 aliphatic rings. The Kier molecular flexibility index (Phi) is 3.67. The van der Waals surface area contributed by atoms with Crippen LogP contribution >= 0.6 is 0 Å². The maximum absolute atomic E-state index is 13.5. The number of methoxy groups -OCH3 is 1. The van der Waals surface area contributed by atoms with Crippen LogP contribution in [0.25, 0.3) is 0 Å². The van der Waals surface area contributed by atoms with E-state index in [1.54, 1.807) is 19.2 Å². The van der Waals surface area contributed by atoms with Crippen molar-refractivity contribution in [3.8, 4) is 5.75 Å². The van der Waals surface area contributed by atoms with E-state index in [-0.39, 0.29) is 11.2 Å². The molecule has 0 amide bonds. The van der Waals surface area contributed by atoms with Crippen molar-refractivity contribution in [2.75, 3.05) is 20.7 Å². The average Bonchev–Trinajstić information content (AvgIpc) is 2.79. The molecule has 2 nitrogen and oxygen atoms in total. The summed E-state index contributed by atoms with van der Waals surface area (Å²) in [7, 11) is 3.60. The van der Waals surface area contributed by atoms with Crippen LogP contribution in [0.1, 0.15) is 31.2 Å². The van der Waals surface area contributed by atoms with Crippen molar-refractivity contribution in [1.82, 2.24) is 5.32 Å². The third-order valence-corrected chi connectivity index (χ3v) is 3.81. The monoisotopic (exact) mass is 237 g/mol. The van der Waals surface area contributed by atoms with Crippen molar-refractivity contribution in [3.63, 3.8) is 0 Å². The predicted molar refractivity (Wildman–Crippen MR) is 67.0 cm³/mol. The fourth-order valence-electron chi connectivity index (χ4n) is 3.03. The highest BCUT2D eigenvalue weighted by atomic mass is 19.1. The van der Waals surface area contributed by atoms with Crippen LogP contribution in [-0.2, 0) is 5.41 Å². The third-order valence-electron chi connectivity index (χ3n) is 3.81. The average molecular weight is 237 g/mol. The highest BCUT2D eigenvalue weighted by Gasteiger charge is 2.37. The summed E-state index contributed by atoms with van der Waals surface area (Å²) >= 11 is 0. The SMILES string of the molecule is CNCC1(c2cc(F)ccc2OC)CCCC1. The van der Waals surface area contributed by atoms with Gasteiger partial charge in [-0.25, -0.2) is 4.39 Å². The summed E-state index contributed by atoms with van der Waals surface area (Å²) in [5.41, 5.74) is 1.06. The first kappa shape index (κ1) is 12.4. The van der Waals surface area contributed by atoms with Gasteiger partial charge in [0.2, 0.25) is 0 Å². The van der Waals surface area contributed by atoms with Crippen LogP contribution in [0.15, 0.2) is 18.2 Å². The molecule has 1 N–H and O–H groups in total. The van der Waals surface area contributed by atoms with Crippen LogP contribution < -0.4 is 10.1 Å². The molecule has 94 valence electrons. The van der Waals surface area contributed by atoms with Crippen molar-refractivity contribution < 1.29 is 9.13 Å². The Balaban J connectivity index is 2.44. The van der Waals surface area contributed by atoms with Gasteiger partial charge in [0.05, 0.1) is 7.11 Å². The van der Waals surface area contributed by atoms with Gasteiger partial charge in [-0.3, -0.25) is 0 Å². The number of halogens is 1. The van der Waals surface area contributed by atoms with Gasteiger partial charge in [0.15, 0.2) is 0 Å². The van der Waals surface area contributed by atoms with Gasteiger partial charge in [-0.2, -0.15) is 0 Å². The lowest BCUT2D eigenvalue weighted by Gasteiger charge is -2.31. The van der Waals surface area contributed by atoms with E-state index >= 15 is 0 Å². The fraction of sp³-hybridized carbons (Fsp3) is 0.571. The van der Waals surface area contributed by atoms with Gasteiger partial charge in [0.25, 0.3) is 0 Å². The van der Waals surface area contributed by atoms with E-state index in [9.17, 15) is 4.39 Å². The summed E-state index contributed by atoms with van der Waals surface area (Å²) in [6, 6.07) is 4.84. The maximum Gasteiger partial charge on any atom is 0.123 e. The van der Waals surface area contributed by atoms with Crippen molar-refractivity contribution in [2.45, 2.75) is 31.1 Å². The van der Waals surface area contributed by atoms with Gasteiger partial charge in [-0.05, 0) is 38.1 Å². The molecule has 0 aromatic heterocycles. The van der Waals surface area contributed by atoms with Gasteiger partial charge < -0.3 is 10.1 Å². The largest absolute Gasteiger partial charge is 0.496 e. The number of hydrogen-bond donors (Lipinski definition) is 1. The summed E-state index contributed by atoms with van der Waals surface area (Å²) < 4.78 is 18.9. The molecular formula is C14H20FNO. The van der Waals surface area contributed by atoms with Crippen LogP contribution in [-0.4, -0.2) is 20.7 Å². The van der Waals surface area contributed by atoms with E-state index in [0.717, 1.165) is 30.7 Å². The Morgan fingerprint density at radius 3 is 2.65 bits per heavy atom. The molecule has 0 saturated heterocycles. The molecule has 0 unspecified atom stereocenters. The number of rotatable bonds is 4. The molecular weight excluding hydrogens is 217 g/mol. The summed E-state index contributed by atoms with van der Waals surface area (Å²) in [6.45, 7) is 0.882. The van der Waals surface area contributed by atoms with Crippen LogP contribution in [0.3, 0.4) is 0 Å². The molecule has 0 aliphatic heterocycles. The lowest BCUT2D eigenvalue weighted by atomic mass is 9.78. The van der Waals surface area contributed by atoms with Gasteiger partial charge in [0, 0.05) is 17.5 Å². The molecule has 3 heteroatoms. The molecule has 1 aromatic rings. The molecule has 0 bridgehead atoms. The highest BCUT2D eigenvalue weighted by Crippen LogP contribution is 2.44. The minimum atomic E-state index is -0.178. The second-order valence-electron chi connectivity index (χ2n) is 4.86. The van der Waals surface area contributed by atoms with Gasteiger partial charge >= 0.3 is 0 Å². The summed E-state index contributed by atoms with van der Waals surface area (Å²) in [4.78, 5) is 0. The maximum atomic E-state index is 13.5. The molecule has 0 radical (unpaired) electrons. The normalized spacial score (nSPS) is 18.3. The summed E-state index contributed by atoms with van der Waals surface area (Å²) in [6.07, 6.45) is 4.63. The van der Waals surface area contributed by atoms with Crippen LogP contribution in [0.2, 0.25) is 0 Å². The minimum absolute atomic E-state index is 0.0438. The first-order valence-corrected chi connectivity index (χ1v) is 6.20. The van der Waals surface area contributed by atoms with Gasteiger partial charge in [-0.15, -0.1) is 0 Å². The summed E-state index contributed by atoms with van der Waals surface area (Å²) in [5, 5.41) is 3.24. The topological polar surface area (TPSA) is 21.3 Å². The molecule has 1 aromatic carbocycles. The number of benzene rings is 1. The Morgan fingerprint density at radius 2 is 2.06 bits per heavy atom. The molecule has 0 spiro atoms. The van der Waals surface area contributed by atoms with Crippen LogP contribution in [0.5, 0.6) is 5.75 Å². The van der Waals surface area contributed by atoms with Gasteiger partial charge in [-0.1, -0.05) is 12.8 Å². The molecule has 2 rings (SSSR count). The minimum Gasteiger partial charge on any atom is -0.496 e. The van der Waals surface area contributed by atoms with E-state index < -0.39 is 0 Å². The molecule has 1 fully saturated rings. The predicted octanol–water partition coefficient (Wildman–Crippen LogP) is 2.87. The van der Waals surface area contributed by atoms with Crippen LogP contribution in [0.4, 0.5) is 4.39 Å². The standard InChI is InChI=1S/C14H20FNO/c1-16-10-14(7-3-4-8-14)12-9-11(15)5-6-13(12)17-2/h5-6,9,16H,3-4,7-8,10H2,1-2H3. The lowest BCUT2D eigenvalue weighted by molar-refractivity contribution is 0.365. The number of hydrogen-bond acceptors (Lipinski definition) is 2. The van der Waals surface area contributed by atoms with Crippen LogP contribution in [0, 0.1) is 5.82 Å².